The Morgan fingerprint density at radius 3 is 2.38 bits per heavy atom. The number of rotatable bonds is 3. The van der Waals surface area contributed by atoms with Crippen molar-refractivity contribution >= 4 is 11.9 Å². The molecule has 3 rings (SSSR count). The number of ether oxygens (including phenoxy) is 2. The monoisotopic (exact) mass is 401 g/mol. The molecule has 0 aliphatic carbocycles. The molecule has 0 atom stereocenters. The molecule has 0 aromatic carbocycles. The van der Waals surface area contributed by atoms with E-state index < -0.39 is 5.60 Å². The summed E-state index contributed by atoms with van der Waals surface area (Å²) in [6, 6.07) is 5.76. The lowest BCUT2D eigenvalue weighted by Gasteiger charge is -2.34. The summed E-state index contributed by atoms with van der Waals surface area (Å²) in [4.78, 5) is 22.9. The highest BCUT2D eigenvalue weighted by atomic mass is 16.6. The Kier molecular flexibility index (Phi) is 6.48. The number of carbonyl (C=O) groups is 1. The lowest BCUT2D eigenvalue weighted by Crippen LogP contribution is -2.45. The summed E-state index contributed by atoms with van der Waals surface area (Å²) in [6.45, 7) is 10.5. The third-order valence-corrected chi connectivity index (χ3v) is 5.12. The van der Waals surface area contributed by atoms with Crippen molar-refractivity contribution in [3.63, 3.8) is 0 Å². The van der Waals surface area contributed by atoms with Crippen LogP contribution < -0.4 is 9.64 Å². The molecular weight excluding hydrogens is 370 g/mol. The van der Waals surface area contributed by atoms with E-state index in [1.807, 2.05) is 26.8 Å². The Bertz CT molecular complexity index is 755. The average Bonchev–Trinajstić information content (AvgIpc) is 2.67. The van der Waals surface area contributed by atoms with Crippen molar-refractivity contribution in [1.82, 2.24) is 14.8 Å². The minimum absolute atomic E-state index is 0.00275. The lowest BCUT2D eigenvalue weighted by molar-refractivity contribution is 0.0126. The van der Waals surface area contributed by atoms with Gasteiger partial charge in [-0.15, -0.1) is 0 Å². The fraction of sp³-hybridized carbons (Fsp3) is 0.667. The van der Waals surface area contributed by atoms with Crippen molar-refractivity contribution in [1.29, 1.82) is 5.26 Å². The largest absolute Gasteiger partial charge is 0.490 e. The molecule has 0 radical (unpaired) electrons. The molecule has 29 heavy (non-hydrogen) atoms. The first-order chi connectivity index (χ1) is 13.7. The van der Waals surface area contributed by atoms with Crippen LogP contribution in [0.15, 0.2) is 12.1 Å². The van der Waals surface area contributed by atoms with Crippen molar-refractivity contribution in [2.75, 3.05) is 51.2 Å². The zero-order valence-corrected chi connectivity index (χ0v) is 17.8. The number of carbonyl (C=O) groups excluding carboxylic acids is 1. The molecule has 0 bridgehead atoms. The van der Waals surface area contributed by atoms with Gasteiger partial charge >= 0.3 is 6.09 Å². The van der Waals surface area contributed by atoms with Gasteiger partial charge in [0.15, 0.2) is 0 Å². The first-order valence-electron chi connectivity index (χ1n) is 10.2. The van der Waals surface area contributed by atoms with Gasteiger partial charge in [0.1, 0.15) is 35.0 Å². The van der Waals surface area contributed by atoms with Crippen molar-refractivity contribution in [3.05, 3.63) is 17.8 Å². The number of nitrogens with zero attached hydrogens (tertiary/aromatic N) is 5. The molecule has 8 heteroatoms. The van der Waals surface area contributed by atoms with Gasteiger partial charge in [-0.3, -0.25) is 0 Å². The Labute approximate surface area is 173 Å². The summed E-state index contributed by atoms with van der Waals surface area (Å²) >= 11 is 0. The van der Waals surface area contributed by atoms with Crippen LogP contribution in [-0.4, -0.2) is 78.9 Å². The number of nitriles is 1. The van der Waals surface area contributed by atoms with Gasteiger partial charge < -0.3 is 24.2 Å². The second kappa shape index (κ2) is 8.87. The van der Waals surface area contributed by atoms with E-state index in [-0.39, 0.29) is 12.2 Å². The standard InChI is InChI=1S/C21H31N5O3/c1-21(2,3)29-20(27)26-7-5-17(6-8-26)28-18-13-16(15-22)23-19(14-18)25-11-9-24(4)10-12-25/h13-14,17H,5-12H2,1-4H3. The Morgan fingerprint density at radius 1 is 1.14 bits per heavy atom. The van der Waals surface area contributed by atoms with E-state index in [1.165, 1.54) is 0 Å². The quantitative estimate of drug-likeness (QED) is 0.769. The molecule has 1 amide bonds. The van der Waals surface area contributed by atoms with Crippen molar-refractivity contribution in [2.45, 2.75) is 45.3 Å². The van der Waals surface area contributed by atoms with Crippen LogP contribution in [0, 0.1) is 11.3 Å². The maximum absolute atomic E-state index is 12.2. The maximum atomic E-state index is 12.2. The van der Waals surface area contributed by atoms with Crippen molar-refractivity contribution in [2.24, 2.45) is 0 Å². The van der Waals surface area contributed by atoms with Gasteiger partial charge in [0.05, 0.1) is 0 Å². The minimum atomic E-state index is -0.491. The number of hydrogen-bond donors (Lipinski definition) is 0. The highest BCUT2D eigenvalue weighted by Gasteiger charge is 2.28. The van der Waals surface area contributed by atoms with E-state index >= 15 is 0 Å². The third kappa shape index (κ3) is 5.97. The second-order valence-electron chi connectivity index (χ2n) is 8.73. The zero-order chi connectivity index (χ0) is 21.0. The summed E-state index contributed by atoms with van der Waals surface area (Å²) in [5.74, 6) is 1.46. The number of anilines is 1. The number of hydrogen-bond acceptors (Lipinski definition) is 7. The predicted octanol–water partition coefficient (Wildman–Crippen LogP) is 2.48. The number of piperidine rings is 1. The van der Waals surface area contributed by atoms with E-state index in [1.54, 1.807) is 11.0 Å². The number of piperazine rings is 1. The summed E-state index contributed by atoms with van der Waals surface area (Å²) in [6.07, 6.45) is 1.19. The van der Waals surface area contributed by atoms with E-state index in [0.29, 0.717) is 24.5 Å². The van der Waals surface area contributed by atoms with Crippen LogP contribution in [0.4, 0.5) is 10.6 Å². The average molecular weight is 402 g/mol. The number of likely N-dealkylation sites (N-methyl/N-ethyl adjacent to an activating group) is 1. The van der Waals surface area contributed by atoms with Crippen molar-refractivity contribution < 1.29 is 14.3 Å². The van der Waals surface area contributed by atoms with Crippen molar-refractivity contribution in [3.8, 4) is 11.8 Å². The molecule has 0 N–H and O–H groups in total. The fourth-order valence-corrected chi connectivity index (χ4v) is 3.49. The molecule has 2 saturated heterocycles. The van der Waals surface area contributed by atoms with Gasteiger partial charge in [0.25, 0.3) is 0 Å². The molecule has 1 aromatic rings. The topological polar surface area (TPSA) is 81.9 Å². The highest BCUT2D eigenvalue weighted by Crippen LogP contribution is 2.25. The minimum Gasteiger partial charge on any atom is -0.490 e. The zero-order valence-electron chi connectivity index (χ0n) is 17.8. The molecule has 8 nitrogen and oxygen atoms in total. The number of amides is 1. The molecule has 0 saturated carbocycles. The number of aromatic nitrogens is 1. The van der Waals surface area contributed by atoms with E-state index in [9.17, 15) is 10.1 Å². The van der Waals surface area contributed by atoms with Crippen LogP contribution >= 0.6 is 0 Å². The molecular formula is C21H31N5O3. The SMILES string of the molecule is CN1CCN(c2cc(OC3CCN(C(=O)OC(C)(C)C)CC3)cc(C#N)n2)CC1. The van der Waals surface area contributed by atoms with Gasteiger partial charge in [0.2, 0.25) is 0 Å². The van der Waals surface area contributed by atoms with Crippen LogP contribution in [0.1, 0.15) is 39.3 Å². The Hall–Kier alpha value is -2.53. The first-order valence-corrected chi connectivity index (χ1v) is 10.2. The van der Waals surface area contributed by atoms with E-state index in [4.69, 9.17) is 9.47 Å². The summed E-state index contributed by atoms with van der Waals surface area (Å²) in [5, 5.41) is 9.37. The van der Waals surface area contributed by atoms with E-state index in [0.717, 1.165) is 44.8 Å². The number of likely N-dealkylation sites (tertiary alicyclic amines) is 1. The molecule has 0 spiro atoms. The first kappa shape index (κ1) is 21.2. The smallest absolute Gasteiger partial charge is 0.410 e. The molecule has 0 unspecified atom stereocenters. The van der Waals surface area contributed by atoms with Crippen LogP contribution in [-0.2, 0) is 4.74 Å². The number of pyridine rings is 1. The molecule has 1 aromatic heterocycles. The van der Waals surface area contributed by atoms with Crippen LogP contribution in [0.3, 0.4) is 0 Å². The molecule has 2 aliphatic rings. The molecule has 2 aliphatic heterocycles. The Morgan fingerprint density at radius 2 is 1.79 bits per heavy atom. The van der Waals surface area contributed by atoms with Gasteiger partial charge in [-0.25, -0.2) is 9.78 Å². The summed E-state index contributed by atoms with van der Waals surface area (Å²) in [5.41, 5.74) is -0.128. The molecule has 2 fully saturated rings. The van der Waals surface area contributed by atoms with Gasteiger partial charge in [0, 0.05) is 64.2 Å². The molecule has 3 heterocycles. The van der Waals surface area contributed by atoms with Crippen LogP contribution in [0.2, 0.25) is 0 Å². The summed E-state index contributed by atoms with van der Waals surface area (Å²) < 4.78 is 11.6. The van der Waals surface area contributed by atoms with Gasteiger partial charge in [-0.1, -0.05) is 0 Å². The maximum Gasteiger partial charge on any atom is 0.410 e. The van der Waals surface area contributed by atoms with Crippen LogP contribution in [0.5, 0.6) is 5.75 Å². The lowest BCUT2D eigenvalue weighted by atomic mass is 10.1. The van der Waals surface area contributed by atoms with Gasteiger partial charge in [-0.2, -0.15) is 5.26 Å². The second-order valence-corrected chi connectivity index (χ2v) is 8.73. The predicted molar refractivity (Wildman–Crippen MR) is 110 cm³/mol. The van der Waals surface area contributed by atoms with E-state index in [2.05, 4.69) is 27.9 Å². The summed E-state index contributed by atoms with van der Waals surface area (Å²) in [7, 11) is 2.11. The Balaban J connectivity index is 1.60. The van der Waals surface area contributed by atoms with Gasteiger partial charge in [-0.05, 0) is 27.8 Å². The fourth-order valence-electron chi connectivity index (χ4n) is 3.49. The third-order valence-electron chi connectivity index (χ3n) is 5.12. The highest BCUT2D eigenvalue weighted by molar-refractivity contribution is 5.68. The van der Waals surface area contributed by atoms with Crippen LogP contribution in [0.25, 0.3) is 0 Å². The normalized spacial score (nSPS) is 19.0. The molecule has 158 valence electrons.